The van der Waals surface area contributed by atoms with Gasteiger partial charge in [-0.05, 0) is 48.3 Å². The third-order valence-electron chi connectivity index (χ3n) is 4.38. The van der Waals surface area contributed by atoms with Crippen LogP contribution >= 0.6 is 46.8 Å². The number of halogens is 2. The van der Waals surface area contributed by atoms with E-state index >= 15 is 0 Å². The second kappa shape index (κ2) is 8.57. The molecule has 0 fully saturated rings. The van der Waals surface area contributed by atoms with Gasteiger partial charge in [-0.3, -0.25) is 10.1 Å². The molecule has 0 aliphatic rings. The number of amides is 1. The van der Waals surface area contributed by atoms with Crippen molar-refractivity contribution in [3.8, 4) is 0 Å². The molecule has 0 radical (unpaired) electrons. The highest BCUT2D eigenvalue weighted by Crippen LogP contribution is 2.36. The first kappa shape index (κ1) is 20.1. The Morgan fingerprint density at radius 1 is 1.22 bits per heavy atom. The van der Waals surface area contributed by atoms with Crippen molar-refractivity contribution < 1.29 is 4.79 Å². The van der Waals surface area contributed by atoms with Gasteiger partial charge in [0.1, 0.15) is 4.88 Å². The molecule has 3 rings (SSSR count). The highest BCUT2D eigenvalue weighted by atomic mass is 35.5. The van der Waals surface area contributed by atoms with Crippen LogP contribution in [0, 0.1) is 0 Å². The molecule has 0 spiro atoms. The molecule has 7 heteroatoms. The number of para-hydroxylation sites is 1. The van der Waals surface area contributed by atoms with Crippen LogP contribution in [0.4, 0.5) is 5.69 Å². The first-order chi connectivity index (χ1) is 12.9. The molecular weight excluding hydrogens is 419 g/mol. The summed E-state index contributed by atoms with van der Waals surface area (Å²) in [4.78, 5) is 13.1. The minimum atomic E-state index is -0.337. The van der Waals surface area contributed by atoms with E-state index in [4.69, 9.17) is 35.4 Å². The Kier molecular flexibility index (Phi) is 6.37. The Morgan fingerprint density at radius 3 is 2.70 bits per heavy atom. The van der Waals surface area contributed by atoms with Crippen molar-refractivity contribution in [2.24, 2.45) is 0 Å². The number of carbonyl (C=O) groups is 1. The standard InChI is InChI=1S/C20H18Cl2N2OS2/c1-3-11(2)13-6-4-5-7-15(13)23-20(26)24-19(25)18-17(22)14-9-8-12(21)10-16(14)27-18/h4-11H,3H2,1-2H3,(H2,23,24,25,26)/t11-/m1/s1. The predicted molar refractivity (Wildman–Crippen MR) is 121 cm³/mol. The zero-order chi connectivity index (χ0) is 19.6. The molecule has 2 N–H and O–H groups in total. The summed E-state index contributed by atoms with van der Waals surface area (Å²) in [6.45, 7) is 4.29. The summed E-state index contributed by atoms with van der Waals surface area (Å²) in [5, 5.41) is 7.90. The van der Waals surface area contributed by atoms with Gasteiger partial charge in [-0.2, -0.15) is 0 Å². The molecule has 0 saturated heterocycles. The van der Waals surface area contributed by atoms with Crippen LogP contribution in [0.3, 0.4) is 0 Å². The molecule has 1 amide bonds. The number of hydrogen-bond donors (Lipinski definition) is 2. The van der Waals surface area contributed by atoms with Gasteiger partial charge in [0.2, 0.25) is 0 Å². The zero-order valence-corrected chi connectivity index (χ0v) is 18.0. The lowest BCUT2D eigenvalue weighted by molar-refractivity contribution is 0.0982. The summed E-state index contributed by atoms with van der Waals surface area (Å²) in [5.74, 6) is 0.0461. The van der Waals surface area contributed by atoms with E-state index in [2.05, 4.69) is 30.5 Å². The number of benzene rings is 2. The number of rotatable bonds is 4. The minimum absolute atomic E-state index is 0.238. The lowest BCUT2D eigenvalue weighted by Crippen LogP contribution is -2.34. The highest BCUT2D eigenvalue weighted by molar-refractivity contribution is 7.80. The molecule has 0 aliphatic carbocycles. The first-order valence-corrected chi connectivity index (χ1v) is 10.5. The Labute approximate surface area is 177 Å². The van der Waals surface area contributed by atoms with Gasteiger partial charge < -0.3 is 5.32 Å². The fourth-order valence-electron chi connectivity index (χ4n) is 2.76. The second-order valence-corrected chi connectivity index (χ2v) is 8.47. The lowest BCUT2D eigenvalue weighted by atomic mass is 9.97. The molecule has 140 valence electrons. The normalized spacial score (nSPS) is 12.0. The summed E-state index contributed by atoms with van der Waals surface area (Å²) in [7, 11) is 0. The van der Waals surface area contributed by atoms with Crippen LogP contribution in [-0.4, -0.2) is 11.0 Å². The molecule has 0 unspecified atom stereocenters. The molecule has 0 bridgehead atoms. The number of carbonyl (C=O) groups excluding carboxylic acids is 1. The molecule has 2 aromatic carbocycles. The van der Waals surface area contributed by atoms with Crippen LogP contribution < -0.4 is 10.6 Å². The van der Waals surface area contributed by atoms with E-state index < -0.39 is 0 Å². The average molecular weight is 437 g/mol. The molecule has 1 atom stereocenters. The summed E-state index contributed by atoms with van der Waals surface area (Å²) >= 11 is 19.0. The Bertz CT molecular complexity index is 1020. The monoisotopic (exact) mass is 436 g/mol. The quantitative estimate of drug-likeness (QED) is 0.439. The molecule has 3 nitrogen and oxygen atoms in total. The van der Waals surface area contributed by atoms with Crippen LogP contribution in [0.5, 0.6) is 0 Å². The van der Waals surface area contributed by atoms with Crippen molar-refractivity contribution >= 4 is 73.5 Å². The second-order valence-electron chi connectivity index (χ2n) is 6.19. The maximum atomic E-state index is 12.7. The van der Waals surface area contributed by atoms with Gasteiger partial charge in [-0.25, -0.2) is 0 Å². The number of thiophene rings is 1. The predicted octanol–water partition coefficient (Wildman–Crippen LogP) is 6.85. The van der Waals surface area contributed by atoms with Crippen LogP contribution in [-0.2, 0) is 0 Å². The van der Waals surface area contributed by atoms with Crippen molar-refractivity contribution in [2.75, 3.05) is 5.32 Å². The molecule has 3 aromatic rings. The third-order valence-corrected chi connectivity index (χ3v) is 6.47. The van der Waals surface area contributed by atoms with Crippen molar-refractivity contribution in [3.63, 3.8) is 0 Å². The van der Waals surface area contributed by atoms with Gasteiger partial charge >= 0.3 is 0 Å². The molecular formula is C20H18Cl2N2OS2. The topological polar surface area (TPSA) is 41.1 Å². The Hall–Kier alpha value is -1.66. The van der Waals surface area contributed by atoms with Gasteiger partial charge in [-0.1, -0.05) is 61.3 Å². The number of fused-ring (bicyclic) bond motifs is 1. The van der Waals surface area contributed by atoms with Crippen molar-refractivity contribution in [1.29, 1.82) is 0 Å². The lowest BCUT2D eigenvalue weighted by Gasteiger charge is -2.17. The smallest absolute Gasteiger partial charge is 0.269 e. The zero-order valence-electron chi connectivity index (χ0n) is 14.8. The molecule has 1 aromatic heterocycles. The van der Waals surface area contributed by atoms with E-state index in [1.165, 1.54) is 11.3 Å². The van der Waals surface area contributed by atoms with E-state index in [9.17, 15) is 4.79 Å². The van der Waals surface area contributed by atoms with Gasteiger partial charge in [0.15, 0.2) is 5.11 Å². The molecule has 0 aliphatic heterocycles. The summed E-state index contributed by atoms with van der Waals surface area (Å²) in [5.41, 5.74) is 2.05. The van der Waals surface area contributed by atoms with Crippen molar-refractivity contribution in [2.45, 2.75) is 26.2 Å². The molecule has 1 heterocycles. The SMILES string of the molecule is CC[C@@H](C)c1ccccc1NC(=S)NC(=O)c1sc2cc(Cl)ccc2c1Cl. The molecule has 27 heavy (non-hydrogen) atoms. The van der Waals surface area contributed by atoms with E-state index in [-0.39, 0.29) is 11.0 Å². The number of nitrogens with one attached hydrogen (secondary N) is 2. The van der Waals surface area contributed by atoms with Gasteiger partial charge in [0, 0.05) is 20.8 Å². The van der Waals surface area contributed by atoms with Crippen molar-refractivity contribution in [1.82, 2.24) is 5.32 Å². The van der Waals surface area contributed by atoms with Crippen LogP contribution in [0.1, 0.15) is 41.4 Å². The number of thiocarbonyl (C=S) groups is 1. The fraction of sp³-hybridized carbons (Fsp3) is 0.200. The third kappa shape index (κ3) is 4.43. The van der Waals surface area contributed by atoms with Gasteiger partial charge in [-0.15, -0.1) is 11.3 Å². The van der Waals surface area contributed by atoms with E-state index in [0.717, 1.165) is 27.8 Å². The Morgan fingerprint density at radius 2 is 1.96 bits per heavy atom. The number of hydrogen-bond acceptors (Lipinski definition) is 3. The van der Waals surface area contributed by atoms with Crippen LogP contribution in [0.2, 0.25) is 10.0 Å². The van der Waals surface area contributed by atoms with Crippen molar-refractivity contribution in [3.05, 3.63) is 63.0 Å². The fourth-order valence-corrected chi connectivity index (χ4v) is 4.65. The molecule has 0 saturated carbocycles. The highest BCUT2D eigenvalue weighted by Gasteiger charge is 2.19. The summed E-state index contributed by atoms with van der Waals surface area (Å²) in [6, 6.07) is 13.3. The largest absolute Gasteiger partial charge is 0.332 e. The van der Waals surface area contributed by atoms with Crippen LogP contribution in [0.25, 0.3) is 10.1 Å². The Balaban J connectivity index is 1.77. The number of anilines is 1. The van der Waals surface area contributed by atoms with E-state index in [1.807, 2.05) is 24.3 Å². The maximum Gasteiger partial charge on any atom is 0.269 e. The summed E-state index contributed by atoms with van der Waals surface area (Å²) < 4.78 is 0.860. The summed E-state index contributed by atoms with van der Waals surface area (Å²) in [6.07, 6.45) is 1.01. The van der Waals surface area contributed by atoms with Crippen LogP contribution in [0.15, 0.2) is 42.5 Å². The average Bonchev–Trinajstić information content (AvgIpc) is 2.97. The van der Waals surface area contributed by atoms with Gasteiger partial charge in [0.05, 0.1) is 5.02 Å². The maximum absolute atomic E-state index is 12.7. The first-order valence-electron chi connectivity index (χ1n) is 8.49. The van der Waals surface area contributed by atoms with E-state index in [1.54, 1.807) is 12.1 Å². The van der Waals surface area contributed by atoms with E-state index in [0.29, 0.717) is 20.8 Å². The van der Waals surface area contributed by atoms with Gasteiger partial charge in [0.25, 0.3) is 5.91 Å². The minimum Gasteiger partial charge on any atom is -0.332 e.